The van der Waals surface area contributed by atoms with Gasteiger partial charge in [-0.15, -0.1) is 0 Å². The van der Waals surface area contributed by atoms with Gasteiger partial charge >= 0.3 is 5.97 Å². The second-order valence-electron chi connectivity index (χ2n) is 5.12. The monoisotopic (exact) mass is 293 g/mol. The quantitative estimate of drug-likeness (QED) is 0.839. The van der Waals surface area contributed by atoms with Crippen molar-refractivity contribution >= 4 is 17.6 Å². The molecule has 1 aromatic rings. The summed E-state index contributed by atoms with van der Waals surface area (Å²) in [6, 6.07) is 7.13. The van der Waals surface area contributed by atoms with Crippen LogP contribution in [-0.4, -0.2) is 31.1 Å². The Labute approximate surface area is 125 Å². The molecule has 0 spiro atoms. The topological polar surface area (TPSA) is 66.8 Å². The zero-order valence-electron chi connectivity index (χ0n) is 13.0. The molecule has 0 saturated carbocycles. The van der Waals surface area contributed by atoms with E-state index in [1.54, 1.807) is 52.3 Å². The van der Waals surface area contributed by atoms with Crippen molar-refractivity contribution in [3.63, 3.8) is 0 Å². The van der Waals surface area contributed by atoms with E-state index in [0.29, 0.717) is 24.3 Å². The van der Waals surface area contributed by atoms with Crippen LogP contribution in [0.3, 0.4) is 0 Å². The molecule has 1 amide bonds. The highest BCUT2D eigenvalue weighted by atomic mass is 16.5. The van der Waals surface area contributed by atoms with Crippen molar-refractivity contribution < 1.29 is 19.4 Å². The van der Waals surface area contributed by atoms with Gasteiger partial charge in [-0.2, -0.15) is 0 Å². The normalized spacial score (nSPS) is 11.0. The van der Waals surface area contributed by atoms with E-state index in [0.717, 1.165) is 0 Å². The fourth-order valence-corrected chi connectivity index (χ4v) is 2.25. The highest BCUT2D eigenvalue weighted by Crippen LogP contribution is 2.32. The third-order valence-electron chi connectivity index (χ3n) is 4.11. The maximum absolute atomic E-state index is 12.4. The van der Waals surface area contributed by atoms with E-state index < -0.39 is 11.4 Å². The molecule has 0 radical (unpaired) electrons. The first-order chi connectivity index (χ1) is 9.90. The van der Waals surface area contributed by atoms with Crippen molar-refractivity contribution in [1.29, 1.82) is 0 Å². The lowest BCUT2D eigenvalue weighted by molar-refractivity contribution is -0.152. The minimum absolute atomic E-state index is 0.0109. The summed E-state index contributed by atoms with van der Waals surface area (Å²) in [6.07, 6.45) is 0.843. The van der Waals surface area contributed by atoms with E-state index >= 15 is 0 Å². The predicted octanol–water partition coefficient (Wildman–Crippen LogP) is 2.94. The van der Waals surface area contributed by atoms with Crippen molar-refractivity contribution in [2.45, 2.75) is 33.1 Å². The number of carbonyl (C=O) groups excluding carboxylic acids is 1. The maximum Gasteiger partial charge on any atom is 0.310 e. The Bertz CT molecular complexity index is 509. The molecule has 5 nitrogen and oxygen atoms in total. The van der Waals surface area contributed by atoms with Crippen LogP contribution in [0.4, 0.5) is 5.69 Å². The Kier molecular flexibility index (Phi) is 5.76. The molecule has 1 rings (SSSR count). The SMILES string of the molecule is CCC(CC)(CC(=O)N(C)c1cccc(OC)c1)C(=O)O. The average molecular weight is 293 g/mol. The number of methoxy groups -OCH3 is 1. The summed E-state index contributed by atoms with van der Waals surface area (Å²) in [7, 11) is 3.21. The van der Waals surface area contributed by atoms with Gasteiger partial charge < -0.3 is 14.7 Å². The molecule has 0 fully saturated rings. The molecule has 0 aromatic heterocycles. The van der Waals surface area contributed by atoms with E-state index in [2.05, 4.69) is 0 Å². The predicted molar refractivity (Wildman–Crippen MR) is 81.7 cm³/mol. The molecule has 5 heteroatoms. The second-order valence-corrected chi connectivity index (χ2v) is 5.12. The molecule has 0 aliphatic rings. The molecule has 0 unspecified atom stereocenters. The molecule has 0 aliphatic heterocycles. The van der Waals surface area contributed by atoms with Crippen LogP contribution >= 0.6 is 0 Å². The molecular formula is C16H23NO4. The Morgan fingerprint density at radius 3 is 2.38 bits per heavy atom. The molecule has 21 heavy (non-hydrogen) atoms. The van der Waals surface area contributed by atoms with Crippen molar-refractivity contribution in [2.24, 2.45) is 5.41 Å². The Morgan fingerprint density at radius 1 is 1.29 bits per heavy atom. The number of anilines is 1. The number of hydrogen-bond donors (Lipinski definition) is 1. The first-order valence-electron chi connectivity index (χ1n) is 7.04. The van der Waals surface area contributed by atoms with E-state index in [-0.39, 0.29) is 12.3 Å². The average Bonchev–Trinajstić information content (AvgIpc) is 2.51. The van der Waals surface area contributed by atoms with E-state index in [4.69, 9.17) is 4.74 Å². The third kappa shape index (κ3) is 3.74. The number of nitrogens with zero attached hydrogens (tertiary/aromatic N) is 1. The molecule has 0 atom stereocenters. The summed E-state index contributed by atoms with van der Waals surface area (Å²) in [5.74, 6) is -0.475. The van der Waals surface area contributed by atoms with Gasteiger partial charge in [-0.3, -0.25) is 9.59 Å². The van der Waals surface area contributed by atoms with Crippen molar-refractivity contribution in [3.05, 3.63) is 24.3 Å². The van der Waals surface area contributed by atoms with Crippen LogP contribution in [0, 0.1) is 5.41 Å². The lowest BCUT2D eigenvalue weighted by Gasteiger charge is -2.28. The van der Waals surface area contributed by atoms with Gasteiger partial charge in [0.25, 0.3) is 0 Å². The number of carbonyl (C=O) groups is 2. The molecular weight excluding hydrogens is 270 g/mol. The summed E-state index contributed by atoms with van der Waals surface area (Å²) in [4.78, 5) is 25.4. The number of carboxylic acids is 1. The van der Waals surface area contributed by atoms with E-state index in [1.165, 1.54) is 4.90 Å². The lowest BCUT2D eigenvalue weighted by Crippen LogP contribution is -2.37. The van der Waals surface area contributed by atoms with Crippen molar-refractivity contribution in [2.75, 3.05) is 19.1 Å². The summed E-state index contributed by atoms with van der Waals surface area (Å²) in [5.41, 5.74) is -0.310. The largest absolute Gasteiger partial charge is 0.497 e. The van der Waals surface area contributed by atoms with Gasteiger partial charge in [0.15, 0.2) is 0 Å². The van der Waals surface area contributed by atoms with Crippen LogP contribution in [-0.2, 0) is 9.59 Å². The van der Waals surface area contributed by atoms with E-state index in [1.807, 2.05) is 0 Å². The summed E-state index contributed by atoms with van der Waals surface area (Å²) < 4.78 is 5.13. The van der Waals surface area contributed by atoms with Crippen LogP contribution in [0.1, 0.15) is 33.1 Å². The van der Waals surface area contributed by atoms with Crippen molar-refractivity contribution in [1.82, 2.24) is 0 Å². The molecule has 116 valence electrons. The fourth-order valence-electron chi connectivity index (χ4n) is 2.25. The molecule has 1 N–H and O–H groups in total. The minimum atomic E-state index is -0.996. The van der Waals surface area contributed by atoms with Gasteiger partial charge in [0, 0.05) is 25.2 Å². The van der Waals surface area contributed by atoms with Gasteiger partial charge in [0.05, 0.1) is 12.5 Å². The fraction of sp³-hybridized carbons (Fsp3) is 0.500. The smallest absolute Gasteiger partial charge is 0.310 e. The highest BCUT2D eigenvalue weighted by molar-refractivity contribution is 5.96. The Balaban J connectivity index is 2.94. The number of aliphatic carboxylic acids is 1. The van der Waals surface area contributed by atoms with Crippen LogP contribution in [0.5, 0.6) is 5.75 Å². The van der Waals surface area contributed by atoms with Gasteiger partial charge in [0.1, 0.15) is 5.75 Å². The third-order valence-corrected chi connectivity index (χ3v) is 4.11. The zero-order valence-corrected chi connectivity index (χ0v) is 13.0. The van der Waals surface area contributed by atoms with E-state index in [9.17, 15) is 14.7 Å². The number of ether oxygens (including phenoxy) is 1. The molecule has 1 aromatic carbocycles. The second kappa shape index (κ2) is 7.11. The van der Waals surface area contributed by atoms with Gasteiger partial charge in [0.2, 0.25) is 5.91 Å². The number of benzene rings is 1. The highest BCUT2D eigenvalue weighted by Gasteiger charge is 2.38. The first-order valence-corrected chi connectivity index (χ1v) is 7.04. The molecule has 0 saturated heterocycles. The summed E-state index contributed by atoms with van der Waals surface area (Å²) in [5, 5.41) is 9.42. The molecule has 0 heterocycles. The van der Waals surface area contributed by atoms with Crippen LogP contribution < -0.4 is 9.64 Å². The minimum Gasteiger partial charge on any atom is -0.497 e. The molecule has 0 aliphatic carbocycles. The standard InChI is InChI=1S/C16H23NO4/c1-5-16(6-2,15(19)20)11-14(18)17(3)12-8-7-9-13(10-12)21-4/h7-10H,5-6,11H2,1-4H3,(H,19,20). The Hall–Kier alpha value is -2.04. The van der Waals surface area contributed by atoms with Crippen LogP contribution in [0.2, 0.25) is 0 Å². The first kappa shape index (κ1) is 17.0. The number of hydrogen-bond acceptors (Lipinski definition) is 3. The summed E-state index contributed by atoms with van der Waals surface area (Å²) >= 11 is 0. The van der Waals surface area contributed by atoms with Crippen LogP contribution in [0.25, 0.3) is 0 Å². The maximum atomic E-state index is 12.4. The van der Waals surface area contributed by atoms with Gasteiger partial charge in [-0.25, -0.2) is 0 Å². The van der Waals surface area contributed by atoms with Gasteiger partial charge in [-0.05, 0) is 25.0 Å². The number of amides is 1. The number of rotatable bonds is 7. The lowest BCUT2D eigenvalue weighted by atomic mass is 9.79. The summed E-state index contributed by atoms with van der Waals surface area (Å²) in [6.45, 7) is 3.60. The van der Waals surface area contributed by atoms with Crippen molar-refractivity contribution in [3.8, 4) is 5.75 Å². The van der Waals surface area contributed by atoms with Crippen LogP contribution in [0.15, 0.2) is 24.3 Å². The molecule has 0 bridgehead atoms. The van der Waals surface area contributed by atoms with Gasteiger partial charge in [-0.1, -0.05) is 19.9 Å². The number of carboxylic acid groups (broad SMARTS) is 1. The Morgan fingerprint density at radius 2 is 1.90 bits per heavy atom. The zero-order chi connectivity index (χ0) is 16.0.